The number of hydrogen-bond acceptors (Lipinski definition) is 4. The molecular formula is C12H20N2O3S. The van der Waals surface area contributed by atoms with Crippen LogP contribution in [0.2, 0.25) is 0 Å². The van der Waals surface area contributed by atoms with Crippen LogP contribution in [0, 0.1) is 13.8 Å². The number of aryl methyl sites for hydroxylation is 1. The molecule has 0 atom stereocenters. The van der Waals surface area contributed by atoms with Crippen LogP contribution in [0.4, 0.5) is 5.69 Å². The van der Waals surface area contributed by atoms with Crippen LogP contribution >= 0.6 is 0 Å². The van der Waals surface area contributed by atoms with Crippen molar-refractivity contribution in [1.29, 1.82) is 0 Å². The van der Waals surface area contributed by atoms with Crippen molar-refractivity contribution in [3.63, 3.8) is 0 Å². The number of benzene rings is 1. The molecule has 0 bridgehead atoms. The Labute approximate surface area is 108 Å². The summed E-state index contributed by atoms with van der Waals surface area (Å²) in [7, 11) is -3.70. The van der Waals surface area contributed by atoms with E-state index in [0.717, 1.165) is 5.56 Å². The summed E-state index contributed by atoms with van der Waals surface area (Å²) >= 11 is 0. The Morgan fingerprint density at radius 2 is 1.89 bits per heavy atom. The Morgan fingerprint density at radius 3 is 2.39 bits per heavy atom. The largest absolute Gasteiger partial charge is 0.399 e. The smallest absolute Gasteiger partial charge is 0.241 e. The van der Waals surface area contributed by atoms with Gasteiger partial charge in [-0.3, -0.25) is 0 Å². The quantitative estimate of drug-likeness (QED) is 0.711. The predicted molar refractivity (Wildman–Crippen MR) is 71.8 cm³/mol. The van der Waals surface area contributed by atoms with Gasteiger partial charge in [0.15, 0.2) is 0 Å². The van der Waals surface area contributed by atoms with Crippen LogP contribution in [0.25, 0.3) is 0 Å². The van der Waals surface area contributed by atoms with E-state index in [2.05, 4.69) is 4.72 Å². The van der Waals surface area contributed by atoms with Gasteiger partial charge < -0.3 is 10.8 Å². The van der Waals surface area contributed by atoms with E-state index in [4.69, 9.17) is 10.8 Å². The van der Waals surface area contributed by atoms with Crippen LogP contribution in [0.5, 0.6) is 0 Å². The minimum atomic E-state index is -3.70. The highest BCUT2D eigenvalue weighted by Gasteiger charge is 2.27. The highest BCUT2D eigenvalue weighted by atomic mass is 32.2. The van der Waals surface area contributed by atoms with Crippen molar-refractivity contribution >= 4 is 15.7 Å². The summed E-state index contributed by atoms with van der Waals surface area (Å²) in [6.45, 7) is 6.47. The first-order chi connectivity index (χ1) is 8.09. The van der Waals surface area contributed by atoms with Gasteiger partial charge in [0, 0.05) is 5.69 Å². The number of nitrogens with two attached hydrogens (primary N) is 1. The second-order valence-corrected chi connectivity index (χ2v) is 6.76. The molecule has 5 nitrogen and oxygen atoms in total. The molecule has 0 unspecified atom stereocenters. The molecule has 0 amide bonds. The van der Waals surface area contributed by atoms with Gasteiger partial charge in [-0.25, -0.2) is 13.1 Å². The first-order valence-corrected chi connectivity index (χ1v) is 7.09. The van der Waals surface area contributed by atoms with Crippen molar-refractivity contribution in [2.75, 3.05) is 12.3 Å². The molecule has 0 aromatic heterocycles. The average Bonchev–Trinajstić information content (AvgIpc) is 2.21. The van der Waals surface area contributed by atoms with E-state index in [9.17, 15) is 8.42 Å². The lowest BCUT2D eigenvalue weighted by Gasteiger charge is -2.24. The lowest BCUT2D eigenvalue weighted by Crippen LogP contribution is -2.46. The van der Waals surface area contributed by atoms with Crippen LogP contribution in [0.15, 0.2) is 17.0 Å². The SMILES string of the molecule is Cc1cc(N)cc(S(=O)(=O)NC(C)(C)CO)c1C. The zero-order valence-electron chi connectivity index (χ0n) is 11.1. The lowest BCUT2D eigenvalue weighted by atomic mass is 10.1. The molecule has 0 aliphatic carbocycles. The molecule has 1 rings (SSSR count). The Bertz CT molecular complexity index is 551. The third kappa shape index (κ3) is 3.22. The summed E-state index contributed by atoms with van der Waals surface area (Å²) in [5, 5.41) is 9.13. The minimum absolute atomic E-state index is 0.154. The first-order valence-electron chi connectivity index (χ1n) is 5.60. The predicted octanol–water partition coefficient (Wildman–Crippen LogP) is 0.935. The van der Waals surface area contributed by atoms with Crippen molar-refractivity contribution < 1.29 is 13.5 Å². The van der Waals surface area contributed by atoms with Crippen LogP contribution in [-0.2, 0) is 10.0 Å². The molecule has 0 aliphatic rings. The topological polar surface area (TPSA) is 92.4 Å². The van der Waals surface area contributed by atoms with Gasteiger partial charge in [-0.15, -0.1) is 0 Å². The monoisotopic (exact) mass is 272 g/mol. The van der Waals surface area contributed by atoms with Gasteiger partial charge in [0.1, 0.15) is 0 Å². The normalized spacial score (nSPS) is 12.7. The molecule has 0 heterocycles. The third-order valence-electron chi connectivity index (χ3n) is 2.74. The van der Waals surface area contributed by atoms with E-state index < -0.39 is 15.6 Å². The number of sulfonamides is 1. The van der Waals surface area contributed by atoms with Gasteiger partial charge in [-0.05, 0) is 51.0 Å². The summed E-state index contributed by atoms with van der Waals surface area (Å²) in [5.74, 6) is 0. The zero-order valence-corrected chi connectivity index (χ0v) is 11.9. The van der Waals surface area contributed by atoms with E-state index in [1.807, 2.05) is 6.92 Å². The fourth-order valence-corrected chi connectivity index (χ4v) is 3.34. The number of aliphatic hydroxyl groups excluding tert-OH is 1. The maximum atomic E-state index is 12.3. The summed E-state index contributed by atoms with van der Waals surface area (Å²) in [6.07, 6.45) is 0. The molecule has 0 fully saturated rings. The van der Waals surface area contributed by atoms with E-state index in [0.29, 0.717) is 11.3 Å². The minimum Gasteiger partial charge on any atom is -0.399 e. The number of aliphatic hydroxyl groups is 1. The van der Waals surface area contributed by atoms with Gasteiger partial charge in [-0.2, -0.15) is 0 Å². The molecule has 4 N–H and O–H groups in total. The number of rotatable bonds is 4. The Kier molecular flexibility index (Phi) is 4.05. The fourth-order valence-electron chi connectivity index (χ4n) is 1.58. The second-order valence-electron chi connectivity index (χ2n) is 5.11. The highest BCUT2D eigenvalue weighted by molar-refractivity contribution is 7.89. The fraction of sp³-hybridized carbons (Fsp3) is 0.500. The summed E-state index contributed by atoms with van der Waals surface area (Å²) in [6, 6.07) is 3.16. The Balaban J connectivity index is 3.30. The second kappa shape index (κ2) is 4.87. The van der Waals surface area contributed by atoms with Gasteiger partial charge in [0.2, 0.25) is 10.0 Å². The van der Waals surface area contributed by atoms with E-state index in [1.165, 1.54) is 6.07 Å². The average molecular weight is 272 g/mol. The summed E-state index contributed by atoms with van der Waals surface area (Å²) < 4.78 is 27.0. The zero-order chi connectivity index (χ0) is 14.1. The van der Waals surface area contributed by atoms with Gasteiger partial charge in [0.05, 0.1) is 17.0 Å². The number of nitrogen functional groups attached to an aromatic ring is 1. The van der Waals surface area contributed by atoms with Gasteiger partial charge >= 0.3 is 0 Å². The summed E-state index contributed by atoms with van der Waals surface area (Å²) in [4.78, 5) is 0.154. The molecule has 102 valence electrons. The molecule has 18 heavy (non-hydrogen) atoms. The summed E-state index contributed by atoms with van der Waals surface area (Å²) in [5.41, 5.74) is 6.64. The van der Waals surface area contributed by atoms with E-state index in [-0.39, 0.29) is 11.5 Å². The van der Waals surface area contributed by atoms with Crippen molar-refractivity contribution in [1.82, 2.24) is 4.72 Å². The lowest BCUT2D eigenvalue weighted by molar-refractivity contribution is 0.208. The molecule has 0 spiro atoms. The van der Waals surface area contributed by atoms with E-state index in [1.54, 1.807) is 26.8 Å². The first kappa shape index (κ1) is 14.9. The van der Waals surface area contributed by atoms with Crippen LogP contribution in [0.1, 0.15) is 25.0 Å². The maximum Gasteiger partial charge on any atom is 0.241 e. The molecule has 6 heteroatoms. The standard InChI is InChI=1S/C12H20N2O3S/c1-8-5-10(13)6-11(9(8)2)18(16,17)14-12(3,4)7-15/h5-6,14-15H,7,13H2,1-4H3. The maximum absolute atomic E-state index is 12.3. The van der Waals surface area contributed by atoms with Crippen LogP contribution < -0.4 is 10.5 Å². The van der Waals surface area contributed by atoms with E-state index >= 15 is 0 Å². The van der Waals surface area contributed by atoms with Crippen LogP contribution in [0.3, 0.4) is 0 Å². The molecule has 0 aliphatic heterocycles. The number of anilines is 1. The van der Waals surface area contributed by atoms with Crippen molar-refractivity contribution in [3.8, 4) is 0 Å². The van der Waals surface area contributed by atoms with Crippen LogP contribution in [-0.4, -0.2) is 25.7 Å². The third-order valence-corrected chi connectivity index (χ3v) is 4.56. The molecule has 1 aromatic rings. The molecule has 0 radical (unpaired) electrons. The van der Waals surface area contributed by atoms with Gasteiger partial charge in [-0.1, -0.05) is 0 Å². The van der Waals surface area contributed by atoms with Gasteiger partial charge in [0.25, 0.3) is 0 Å². The molecular weight excluding hydrogens is 252 g/mol. The molecule has 0 saturated heterocycles. The Hall–Kier alpha value is -1.11. The molecule has 0 saturated carbocycles. The highest BCUT2D eigenvalue weighted by Crippen LogP contribution is 2.23. The van der Waals surface area contributed by atoms with Crippen molar-refractivity contribution in [2.24, 2.45) is 0 Å². The van der Waals surface area contributed by atoms with Crippen molar-refractivity contribution in [2.45, 2.75) is 38.1 Å². The van der Waals surface area contributed by atoms with Crippen molar-refractivity contribution in [3.05, 3.63) is 23.3 Å². The number of hydrogen-bond donors (Lipinski definition) is 3. The Morgan fingerprint density at radius 1 is 1.33 bits per heavy atom. The molecule has 1 aromatic carbocycles. The number of nitrogens with one attached hydrogen (secondary N) is 1.